The summed E-state index contributed by atoms with van der Waals surface area (Å²) >= 11 is 5.90. The number of aromatic nitrogens is 2. The normalized spacial score (nSPS) is 10.6. The summed E-state index contributed by atoms with van der Waals surface area (Å²) < 4.78 is 5.98. The van der Waals surface area contributed by atoms with Gasteiger partial charge in [-0.25, -0.2) is 4.98 Å². The van der Waals surface area contributed by atoms with Crippen molar-refractivity contribution in [2.75, 3.05) is 5.32 Å². The van der Waals surface area contributed by atoms with Crippen LogP contribution in [0.3, 0.4) is 0 Å². The Balaban J connectivity index is 1.60. The number of rotatable bonds is 4. The average molecular weight is 348 g/mol. The minimum Gasteiger partial charge on any atom is -0.438 e. The molecule has 0 fully saturated rings. The molecule has 0 radical (unpaired) electrons. The molecule has 0 aliphatic carbocycles. The van der Waals surface area contributed by atoms with Crippen LogP contribution in [0.1, 0.15) is 0 Å². The molecule has 122 valence electrons. The van der Waals surface area contributed by atoms with E-state index in [1.807, 2.05) is 42.5 Å². The minimum atomic E-state index is 0.458. The Labute approximate surface area is 150 Å². The quantitative estimate of drug-likeness (QED) is 0.505. The van der Waals surface area contributed by atoms with Gasteiger partial charge in [0, 0.05) is 28.4 Å². The van der Waals surface area contributed by atoms with Gasteiger partial charge in [-0.1, -0.05) is 48.0 Å². The van der Waals surface area contributed by atoms with Crippen molar-refractivity contribution in [1.29, 1.82) is 0 Å². The molecule has 0 bridgehead atoms. The summed E-state index contributed by atoms with van der Waals surface area (Å²) in [4.78, 5) is 8.64. The number of ether oxygens (including phenoxy) is 1. The van der Waals surface area contributed by atoms with Crippen molar-refractivity contribution in [1.82, 2.24) is 9.97 Å². The molecule has 25 heavy (non-hydrogen) atoms. The second-order valence-corrected chi connectivity index (χ2v) is 5.87. The number of hydrogen-bond acceptors (Lipinski definition) is 4. The molecule has 1 aromatic heterocycles. The van der Waals surface area contributed by atoms with Gasteiger partial charge in [0.15, 0.2) is 0 Å². The summed E-state index contributed by atoms with van der Waals surface area (Å²) in [5.74, 6) is 1.69. The Morgan fingerprint density at radius 2 is 1.64 bits per heavy atom. The molecule has 5 heteroatoms. The van der Waals surface area contributed by atoms with Crippen LogP contribution in [-0.4, -0.2) is 9.97 Å². The van der Waals surface area contributed by atoms with Gasteiger partial charge < -0.3 is 10.1 Å². The Morgan fingerprint density at radius 3 is 2.52 bits per heavy atom. The summed E-state index contributed by atoms with van der Waals surface area (Å²) in [6.45, 7) is 0. The minimum absolute atomic E-state index is 0.458. The molecule has 0 aliphatic rings. The van der Waals surface area contributed by atoms with Crippen LogP contribution in [0.15, 0.2) is 79.0 Å². The Kier molecular flexibility index (Phi) is 4.19. The van der Waals surface area contributed by atoms with Crippen LogP contribution in [0.4, 0.5) is 11.6 Å². The molecule has 1 heterocycles. The molecule has 0 saturated heterocycles. The highest BCUT2D eigenvalue weighted by atomic mass is 35.5. The van der Waals surface area contributed by atoms with E-state index in [0.717, 1.165) is 22.2 Å². The van der Waals surface area contributed by atoms with Crippen molar-refractivity contribution < 1.29 is 4.74 Å². The predicted molar refractivity (Wildman–Crippen MR) is 101 cm³/mol. The molecule has 4 rings (SSSR count). The van der Waals surface area contributed by atoms with Gasteiger partial charge in [0.1, 0.15) is 5.75 Å². The van der Waals surface area contributed by atoms with Crippen molar-refractivity contribution in [3.63, 3.8) is 0 Å². The zero-order valence-electron chi connectivity index (χ0n) is 13.2. The second kappa shape index (κ2) is 6.79. The largest absolute Gasteiger partial charge is 0.438 e. The van der Waals surface area contributed by atoms with E-state index in [0.29, 0.717) is 16.9 Å². The lowest BCUT2D eigenvalue weighted by Gasteiger charge is -2.09. The number of anilines is 2. The fraction of sp³-hybridized carbons (Fsp3) is 0. The fourth-order valence-electron chi connectivity index (χ4n) is 2.52. The van der Waals surface area contributed by atoms with E-state index < -0.39 is 0 Å². The Morgan fingerprint density at radius 1 is 0.840 bits per heavy atom. The van der Waals surface area contributed by atoms with Gasteiger partial charge in [-0.2, -0.15) is 4.98 Å². The number of fused-ring (bicyclic) bond motifs is 1. The molecule has 1 N–H and O–H groups in total. The summed E-state index contributed by atoms with van der Waals surface area (Å²) in [6.07, 6.45) is 1.66. The Hall–Kier alpha value is -3.11. The van der Waals surface area contributed by atoms with Crippen molar-refractivity contribution in [3.8, 4) is 11.6 Å². The van der Waals surface area contributed by atoms with Crippen LogP contribution in [0, 0.1) is 0 Å². The van der Waals surface area contributed by atoms with Crippen molar-refractivity contribution in [2.45, 2.75) is 0 Å². The molecule has 0 spiro atoms. The molecule has 0 saturated carbocycles. The van der Waals surface area contributed by atoms with Crippen molar-refractivity contribution in [2.24, 2.45) is 0 Å². The zero-order valence-corrected chi connectivity index (χ0v) is 13.9. The maximum absolute atomic E-state index is 5.98. The van der Waals surface area contributed by atoms with Gasteiger partial charge in [0.2, 0.25) is 11.8 Å². The Bertz CT molecular complexity index is 1010. The first kappa shape index (κ1) is 15.4. The summed E-state index contributed by atoms with van der Waals surface area (Å²) in [5, 5.41) is 5.97. The van der Waals surface area contributed by atoms with Gasteiger partial charge in [-0.15, -0.1) is 0 Å². The molecular weight excluding hydrogens is 334 g/mol. The molecular formula is C20H14ClN3O. The maximum Gasteiger partial charge on any atom is 0.230 e. The first-order chi connectivity index (χ1) is 12.3. The monoisotopic (exact) mass is 347 g/mol. The number of nitrogens with one attached hydrogen (secondary N) is 1. The van der Waals surface area contributed by atoms with Gasteiger partial charge in [0.25, 0.3) is 0 Å². The van der Waals surface area contributed by atoms with E-state index in [-0.39, 0.29) is 0 Å². The zero-order chi connectivity index (χ0) is 17.1. The van der Waals surface area contributed by atoms with E-state index >= 15 is 0 Å². The molecule has 0 atom stereocenters. The van der Waals surface area contributed by atoms with Crippen LogP contribution >= 0.6 is 11.6 Å². The maximum atomic E-state index is 5.98. The molecule has 4 nitrogen and oxygen atoms in total. The predicted octanol–water partition coefficient (Wildman–Crippen LogP) is 5.82. The highest BCUT2D eigenvalue weighted by Gasteiger charge is 2.06. The average Bonchev–Trinajstić information content (AvgIpc) is 2.64. The number of halogens is 1. The highest BCUT2D eigenvalue weighted by molar-refractivity contribution is 6.30. The third-order valence-corrected chi connectivity index (χ3v) is 3.95. The molecule has 3 aromatic carbocycles. The van der Waals surface area contributed by atoms with Crippen LogP contribution in [0.25, 0.3) is 10.8 Å². The molecule has 0 amide bonds. The highest BCUT2D eigenvalue weighted by Crippen LogP contribution is 2.29. The van der Waals surface area contributed by atoms with Crippen molar-refractivity contribution in [3.05, 3.63) is 84.0 Å². The van der Waals surface area contributed by atoms with Crippen LogP contribution < -0.4 is 10.1 Å². The number of hydrogen-bond donors (Lipinski definition) is 1. The lowest BCUT2D eigenvalue weighted by atomic mass is 10.1. The summed E-state index contributed by atoms with van der Waals surface area (Å²) in [6, 6.07) is 23.1. The topological polar surface area (TPSA) is 47.0 Å². The lowest BCUT2D eigenvalue weighted by Crippen LogP contribution is -1.98. The second-order valence-electron chi connectivity index (χ2n) is 5.43. The third kappa shape index (κ3) is 3.54. The first-order valence-corrected chi connectivity index (χ1v) is 8.17. The SMILES string of the molecule is Clc1ccc(Nc2nccc(Oc3cccc4ccccc34)n2)cc1. The van der Waals surface area contributed by atoms with E-state index in [1.54, 1.807) is 24.4 Å². The molecule has 4 aromatic rings. The first-order valence-electron chi connectivity index (χ1n) is 7.79. The standard InChI is InChI=1S/C20H14ClN3O/c21-15-8-10-16(11-9-15)23-20-22-13-12-19(24-20)25-18-7-3-5-14-4-1-2-6-17(14)18/h1-13H,(H,22,23,24). The van der Waals surface area contributed by atoms with Crippen molar-refractivity contribution >= 4 is 34.0 Å². The van der Waals surface area contributed by atoms with Crippen LogP contribution in [-0.2, 0) is 0 Å². The molecule has 0 unspecified atom stereocenters. The smallest absolute Gasteiger partial charge is 0.230 e. The number of benzene rings is 3. The summed E-state index contributed by atoms with van der Waals surface area (Å²) in [5.41, 5.74) is 0.853. The molecule has 0 aliphatic heterocycles. The van der Waals surface area contributed by atoms with Crippen LogP contribution in [0.5, 0.6) is 11.6 Å². The third-order valence-electron chi connectivity index (χ3n) is 3.69. The van der Waals surface area contributed by atoms with Gasteiger partial charge in [-0.3, -0.25) is 0 Å². The lowest BCUT2D eigenvalue weighted by molar-refractivity contribution is 0.468. The van der Waals surface area contributed by atoms with E-state index in [1.165, 1.54) is 0 Å². The fourth-order valence-corrected chi connectivity index (χ4v) is 2.64. The van der Waals surface area contributed by atoms with Gasteiger partial charge in [-0.05, 0) is 35.7 Å². The van der Waals surface area contributed by atoms with Gasteiger partial charge in [0.05, 0.1) is 0 Å². The van der Waals surface area contributed by atoms with Gasteiger partial charge >= 0.3 is 0 Å². The van der Waals surface area contributed by atoms with Crippen LogP contribution in [0.2, 0.25) is 5.02 Å². The van der Waals surface area contributed by atoms with E-state index in [9.17, 15) is 0 Å². The number of nitrogens with zero attached hydrogens (tertiary/aromatic N) is 2. The van der Waals surface area contributed by atoms with E-state index in [2.05, 4.69) is 27.4 Å². The summed E-state index contributed by atoms with van der Waals surface area (Å²) in [7, 11) is 0. The van der Waals surface area contributed by atoms with E-state index in [4.69, 9.17) is 16.3 Å².